The highest BCUT2D eigenvalue weighted by atomic mass is 16.5. The second-order valence-electron chi connectivity index (χ2n) is 4.45. The summed E-state index contributed by atoms with van der Waals surface area (Å²) < 4.78 is 7.31. The molecular formula is C14H16N4O. The van der Waals surface area contributed by atoms with E-state index in [1.54, 1.807) is 17.1 Å². The van der Waals surface area contributed by atoms with Crippen molar-refractivity contribution in [1.82, 2.24) is 15.0 Å². The van der Waals surface area contributed by atoms with E-state index < -0.39 is 0 Å². The lowest BCUT2D eigenvalue weighted by Crippen LogP contribution is -2.23. The molecule has 1 aromatic carbocycles. The van der Waals surface area contributed by atoms with Crippen molar-refractivity contribution < 1.29 is 4.74 Å². The predicted molar refractivity (Wildman–Crippen MR) is 73.1 cm³/mol. The van der Waals surface area contributed by atoms with Gasteiger partial charge in [0.05, 0.1) is 36.6 Å². The second-order valence-corrected chi connectivity index (χ2v) is 4.45. The maximum absolute atomic E-state index is 5.55. The van der Waals surface area contributed by atoms with Gasteiger partial charge in [0.25, 0.3) is 0 Å². The molecule has 2 aromatic rings. The van der Waals surface area contributed by atoms with Crippen LogP contribution in [0.25, 0.3) is 5.69 Å². The fourth-order valence-electron chi connectivity index (χ4n) is 2.12. The monoisotopic (exact) mass is 256 g/mol. The average Bonchev–Trinajstić information content (AvgIpc) is 3.01. The minimum Gasteiger partial charge on any atom is -0.497 e. The molecule has 1 atom stereocenters. The Balaban J connectivity index is 1.72. The Morgan fingerprint density at radius 2 is 2.32 bits per heavy atom. The van der Waals surface area contributed by atoms with Crippen LogP contribution in [0.3, 0.4) is 0 Å². The van der Waals surface area contributed by atoms with Gasteiger partial charge in [0, 0.05) is 0 Å². The van der Waals surface area contributed by atoms with E-state index in [-0.39, 0.29) is 6.10 Å². The first-order chi connectivity index (χ1) is 9.43. The molecule has 0 amide bonds. The zero-order valence-corrected chi connectivity index (χ0v) is 10.6. The summed E-state index contributed by atoms with van der Waals surface area (Å²) in [5.41, 5.74) is 2.03. The SMILES string of the molecule is C1=COC(CNc2ccccc2-n2ccnn2)CC1. The molecule has 3 rings (SSSR count). The number of ether oxygens (including phenoxy) is 1. The van der Waals surface area contributed by atoms with Crippen molar-refractivity contribution in [2.45, 2.75) is 18.9 Å². The highest BCUT2D eigenvalue weighted by Crippen LogP contribution is 2.19. The number of rotatable bonds is 4. The first-order valence-corrected chi connectivity index (χ1v) is 6.43. The molecule has 5 heteroatoms. The lowest BCUT2D eigenvalue weighted by molar-refractivity contribution is 0.135. The number of nitrogens with zero attached hydrogens (tertiary/aromatic N) is 3. The normalized spacial score (nSPS) is 18.0. The van der Waals surface area contributed by atoms with Gasteiger partial charge in [-0.25, -0.2) is 4.68 Å². The minimum atomic E-state index is 0.230. The minimum absolute atomic E-state index is 0.230. The van der Waals surface area contributed by atoms with E-state index >= 15 is 0 Å². The van der Waals surface area contributed by atoms with Crippen LogP contribution >= 0.6 is 0 Å². The molecule has 0 saturated carbocycles. The number of hydrogen-bond donors (Lipinski definition) is 1. The van der Waals surface area contributed by atoms with Gasteiger partial charge in [-0.3, -0.25) is 0 Å². The van der Waals surface area contributed by atoms with Crippen molar-refractivity contribution in [2.75, 3.05) is 11.9 Å². The van der Waals surface area contributed by atoms with E-state index in [1.165, 1.54) is 0 Å². The van der Waals surface area contributed by atoms with Gasteiger partial charge in [-0.2, -0.15) is 0 Å². The molecule has 5 nitrogen and oxygen atoms in total. The molecule has 19 heavy (non-hydrogen) atoms. The molecule has 98 valence electrons. The molecule has 0 aliphatic carbocycles. The van der Waals surface area contributed by atoms with Crippen molar-refractivity contribution in [1.29, 1.82) is 0 Å². The Labute approximate surface area is 111 Å². The van der Waals surface area contributed by atoms with Crippen molar-refractivity contribution in [3.63, 3.8) is 0 Å². The number of para-hydroxylation sites is 2. The zero-order valence-electron chi connectivity index (χ0n) is 10.6. The van der Waals surface area contributed by atoms with Crippen molar-refractivity contribution in [3.05, 3.63) is 49.0 Å². The molecule has 0 spiro atoms. The summed E-state index contributed by atoms with van der Waals surface area (Å²) in [6.07, 6.45) is 9.71. The first kappa shape index (κ1) is 11.8. The van der Waals surface area contributed by atoms with Crippen molar-refractivity contribution in [2.24, 2.45) is 0 Å². The van der Waals surface area contributed by atoms with Gasteiger partial charge in [0.1, 0.15) is 6.10 Å². The van der Waals surface area contributed by atoms with Crippen LogP contribution in [0.5, 0.6) is 0 Å². The smallest absolute Gasteiger partial charge is 0.115 e. The van der Waals surface area contributed by atoms with E-state index in [9.17, 15) is 0 Å². The van der Waals surface area contributed by atoms with E-state index in [4.69, 9.17) is 4.74 Å². The van der Waals surface area contributed by atoms with Crippen LogP contribution in [0, 0.1) is 0 Å². The summed E-state index contributed by atoms with van der Waals surface area (Å²) in [4.78, 5) is 0. The molecule has 0 radical (unpaired) electrons. The number of hydrogen-bond acceptors (Lipinski definition) is 4. The quantitative estimate of drug-likeness (QED) is 0.912. The van der Waals surface area contributed by atoms with Crippen LogP contribution in [-0.4, -0.2) is 27.6 Å². The van der Waals surface area contributed by atoms with E-state index in [0.717, 1.165) is 30.8 Å². The lowest BCUT2D eigenvalue weighted by atomic mass is 10.1. The van der Waals surface area contributed by atoms with Gasteiger partial charge >= 0.3 is 0 Å². The Morgan fingerprint density at radius 1 is 1.37 bits per heavy atom. The molecule has 0 saturated heterocycles. The highest BCUT2D eigenvalue weighted by molar-refractivity contribution is 5.60. The number of anilines is 1. The summed E-state index contributed by atoms with van der Waals surface area (Å²) in [7, 11) is 0. The number of allylic oxidation sites excluding steroid dienone is 1. The van der Waals surface area contributed by atoms with E-state index in [0.29, 0.717) is 0 Å². The van der Waals surface area contributed by atoms with Crippen LogP contribution in [0.2, 0.25) is 0 Å². The van der Waals surface area contributed by atoms with Crippen molar-refractivity contribution >= 4 is 5.69 Å². The lowest BCUT2D eigenvalue weighted by Gasteiger charge is -2.21. The van der Waals surface area contributed by atoms with Crippen molar-refractivity contribution in [3.8, 4) is 5.69 Å². The van der Waals surface area contributed by atoms with Crippen LogP contribution in [0.4, 0.5) is 5.69 Å². The Hall–Kier alpha value is -2.30. The number of nitrogens with one attached hydrogen (secondary N) is 1. The topological polar surface area (TPSA) is 52.0 Å². The molecule has 0 bridgehead atoms. The summed E-state index contributed by atoms with van der Waals surface area (Å²) >= 11 is 0. The summed E-state index contributed by atoms with van der Waals surface area (Å²) in [6.45, 7) is 0.788. The molecule has 1 aliphatic rings. The highest BCUT2D eigenvalue weighted by Gasteiger charge is 2.12. The molecule has 2 heterocycles. The van der Waals surface area contributed by atoms with E-state index in [1.807, 2.05) is 30.5 Å². The predicted octanol–water partition coefficient (Wildman–Crippen LogP) is 2.37. The molecular weight excluding hydrogens is 240 g/mol. The Kier molecular flexibility index (Phi) is 3.45. The third kappa shape index (κ3) is 2.76. The van der Waals surface area contributed by atoms with Crippen LogP contribution in [-0.2, 0) is 4.74 Å². The van der Waals surface area contributed by atoms with Crippen LogP contribution < -0.4 is 5.32 Å². The molecule has 1 N–H and O–H groups in total. The van der Waals surface area contributed by atoms with Crippen LogP contribution in [0.15, 0.2) is 49.0 Å². The molecule has 1 aromatic heterocycles. The molecule has 1 unspecified atom stereocenters. The fraction of sp³-hybridized carbons (Fsp3) is 0.286. The third-order valence-electron chi connectivity index (χ3n) is 3.12. The fourth-order valence-corrected chi connectivity index (χ4v) is 2.12. The largest absolute Gasteiger partial charge is 0.497 e. The summed E-state index contributed by atoms with van der Waals surface area (Å²) in [6, 6.07) is 8.04. The number of aromatic nitrogens is 3. The van der Waals surface area contributed by atoms with Gasteiger partial charge in [-0.1, -0.05) is 17.3 Å². The van der Waals surface area contributed by atoms with Gasteiger partial charge in [-0.15, -0.1) is 5.10 Å². The van der Waals surface area contributed by atoms with E-state index in [2.05, 4.69) is 21.7 Å². The standard InChI is InChI=1S/C14H16N4O/c1-2-7-14(18-9-8-16-17-18)13(6-1)15-11-12-5-3-4-10-19-12/h1-2,4,6-10,12,15H,3,5,11H2. The Morgan fingerprint density at radius 3 is 3.11 bits per heavy atom. The van der Waals surface area contributed by atoms with Gasteiger partial charge < -0.3 is 10.1 Å². The average molecular weight is 256 g/mol. The zero-order chi connectivity index (χ0) is 12.9. The van der Waals surface area contributed by atoms with Crippen LogP contribution in [0.1, 0.15) is 12.8 Å². The molecule has 1 aliphatic heterocycles. The first-order valence-electron chi connectivity index (χ1n) is 6.43. The second kappa shape index (κ2) is 5.56. The van der Waals surface area contributed by atoms with Gasteiger partial charge in [0.2, 0.25) is 0 Å². The Bertz CT molecular complexity index is 550. The molecule has 0 fully saturated rings. The summed E-state index contributed by atoms with van der Waals surface area (Å²) in [5.74, 6) is 0. The summed E-state index contributed by atoms with van der Waals surface area (Å²) in [5, 5.41) is 11.3. The maximum atomic E-state index is 5.55. The number of benzene rings is 1. The maximum Gasteiger partial charge on any atom is 0.115 e. The van der Waals surface area contributed by atoms with Gasteiger partial charge in [0.15, 0.2) is 0 Å². The van der Waals surface area contributed by atoms with Gasteiger partial charge in [-0.05, 0) is 31.1 Å². The third-order valence-corrected chi connectivity index (χ3v) is 3.12.